The molecule has 1 atom stereocenters. The van der Waals surface area contributed by atoms with Gasteiger partial charge in [0.1, 0.15) is 17.4 Å². The molecule has 0 radical (unpaired) electrons. The first-order valence-electron chi connectivity index (χ1n) is 5.60. The molecule has 2 N–H and O–H groups in total. The van der Waals surface area contributed by atoms with Crippen molar-refractivity contribution in [1.29, 1.82) is 0 Å². The quantitative estimate of drug-likeness (QED) is 0.660. The van der Waals surface area contributed by atoms with Crippen LogP contribution >= 0.6 is 0 Å². The van der Waals surface area contributed by atoms with Gasteiger partial charge in [0.2, 0.25) is 0 Å². The first-order valence-corrected chi connectivity index (χ1v) is 5.60. The van der Waals surface area contributed by atoms with Crippen LogP contribution < -0.4 is 5.32 Å². The fraction of sp³-hybridized carbons (Fsp3) is 0.143. The summed E-state index contributed by atoms with van der Waals surface area (Å²) in [6, 6.07) is 13.8. The second-order valence-electron chi connectivity index (χ2n) is 4.13. The summed E-state index contributed by atoms with van der Waals surface area (Å²) in [7, 11) is 0. The minimum absolute atomic E-state index is 0.572. The van der Waals surface area contributed by atoms with Crippen LogP contribution in [0.5, 0.6) is 0 Å². The number of aliphatic hydroxyl groups excluding tert-OH is 1. The number of nitrogens with one attached hydrogen (secondary N) is 1. The molecule has 3 nitrogen and oxygen atoms in total. The fourth-order valence-electron chi connectivity index (χ4n) is 2.06. The van der Waals surface area contributed by atoms with Gasteiger partial charge in [0.15, 0.2) is 0 Å². The standard InChI is InChI=1S/C14H13NO2/c1-9(16)15-10-6-7-12-11-4-2-3-5-13(11)17-14(12)8-10/h2-9,15-16H,1H3. The molecule has 2 aromatic carbocycles. The number of furan rings is 1. The predicted molar refractivity (Wildman–Crippen MR) is 69.0 cm³/mol. The Labute approximate surface area is 98.7 Å². The van der Waals surface area contributed by atoms with Crippen molar-refractivity contribution in [2.45, 2.75) is 13.2 Å². The van der Waals surface area contributed by atoms with Crippen molar-refractivity contribution in [3.63, 3.8) is 0 Å². The second kappa shape index (κ2) is 3.79. The third kappa shape index (κ3) is 1.74. The largest absolute Gasteiger partial charge is 0.456 e. The first-order chi connectivity index (χ1) is 8.24. The van der Waals surface area contributed by atoms with E-state index in [4.69, 9.17) is 4.42 Å². The van der Waals surface area contributed by atoms with E-state index in [0.717, 1.165) is 27.6 Å². The molecule has 0 fully saturated rings. The molecule has 3 aromatic rings. The zero-order chi connectivity index (χ0) is 11.8. The van der Waals surface area contributed by atoms with E-state index in [1.165, 1.54) is 0 Å². The lowest BCUT2D eigenvalue weighted by atomic mass is 10.1. The lowest BCUT2D eigenvalue weighted by Gasteiger charge is -2.08. The first kappa shape index (κ1) is 10.2. The van der Waals surface area contributed by atoms with Gasteiger partial charge in [-0.1, -0.05) is 18.2 Å². The normalized spacial score (nSPS) is 13.1. The second-order valence-corrected chi connectivity index (χ2v) is 4.13. The van der Waals surface area contributed by atoms with Crippen molar-refractivity contribution in [3.8, 4) is 0 Å². The zero-order valence-electron chi connectivity index (χ0n) is 9.47. The molecule has 0 aliphatic rings. The van der Waals surface area contributed by atoms with Crippen LogP contribution in [-0.2, 0) is 0 Å². The Morgan fingerprint density at radius 3 is 2.65 bits per heavy atom. The van der Waals surface area contributed by atoms with Crippen molar-refractivity contribution in [2.75, 3.05) is 5.32 Å². The van der Waals surface area contributed by atoms with Crippen LogP contribution in [0.25, 0.3) is 21.9 Å². The number of para-hydroxylation sites is 1. The third-order valence-corrected chi connectivity index (χ3v) is 2.75. The van der Waals surface area contributed by atoms with Crippen molar-refractivity contribution in [2.24, 2.45) is 0 Å². The van der Waals surface area contributed by atoms with Crippen molar-refractivity contribution in [3.05, 3.63) is 42.5 Å². The molecule has 0 aliphatic carbocycles. The molecule has 0 spiro atoms. The fourth-order valence-corrected chi connectivity index (χ4v) is 2.06. The van der Waals surface area contributed by atoms with Gasteiger partial charge in [-0.2, -0.15) is 0 Å². The van der Waals surface area contributed by atoms with E-state index in [-0.39, 0.29) is 0 Å². The van der Waals surface area contributed by atoms with Crippen molar-refractivity contribution < 1.29 is 9.52 Å². The monoisotopic (exact) mass is 227 g/mol. The summed E-state index contributed by atoms with van der Waals surface area (Å²) in [6.45, 7) is 1.68. The smallest absolute Gasteiger partial charge is 0.137 e. The average Bonchev–Trinajstić information content (AvgIpc) is 2.65. The molecular weight excluding hydrogens is 214 g/mol. The van der Waals surface area contributed by atoms with Gasteiger partial charge in [0.05, 0.1) is 0 Å². The van der Waals surface area contributed by atoms with Crippen LogP contribution in [0.3, 0.4) is 0 Å². The molecule has 17 heavy (non-hydrogen) atoms. The average molecular weight is 227 g/mol. The van der Waals surface area contributed by atoms with Crippen LogP contribution in [-0.4, -0.2) is 11.3 Å². The Kier molecular flexibility index (Phi) is 2.27. The van der Waals surface area contributed by atoms with Crippen molar-refractivity contribution in [1.82, 2.24) is 0 Å². The number of hydrogen-bond donors (Lipinski definition) is 2. The molecule has 1 heterocycles. The molecule has 1 aromatic heterocycles. The maximum atomic E-state index is 9.28. The number of benzene rings is 2. The van der Waals surface area contributed by atoms with Crippen LogP contribution in [0.1, 0.15) is 6.92 Å². The van der Waals surface area contributed by atoms with E-state index in [1.807, 2.05) is 42.5 Å². The Morgan fingerprint density at radius 1 is 1.06 bits per heavy atom. The van der Waals surface area contributed by atoms with Gasteiger partial charge in [-0.3, -0.25) is 0 Å². The van der Waals surface area contributed by atoms with Gasteiger partial charge >= 0.3 is 0 Å². The molecule has 86 valence electrons. The van der Waals surface area contributed by atoms with E-state index < -0.39 is 6.23 Å². The van der Waals surface area contributed by atoms with Gasteiger partial charge in [-0.25, -0.2) is 0 Å². The van der Waals surface area contributed by atoms with E-state index in [2.05, 4.69) is 5.32 Å². The Balaban J connectivity index is 2.20. The Morgan fingerprint density at radius 2 is 1.82 bits per heavy atom. The number of rotatable bonds is 2. The lowest BCUT2D eigenvalue weighted by Crippen LogP contribution is -2.12. The summed E-state index contributed by atoms with van der Waals surface area (Å²) >= 11 is 0. The maximum absolute atomic E-state index is 9.28. The molecule has 0 saturated carbocycles. The summed E-state index contributed by atoms with van der Waals surface area (Å²) in [6.07, 6.45) is -0.572. The van der Waals surface area contributed by atoms with Crippen molar-refractivity contribution >= 4 is 27.6 Å². The molecule has 0 aliphatic heterocycles. The number of aliphatic hydroxyl groups is 1. The molecule has 1 unspecified atom stereocenters. The van der Waals surface area contributed by atoms with E-state index in [0.29, 0.717) is 0 Å². The Hall–Kier alpha value is -2.00. The predicted octanol–water partition coefficient (Wildman–Crippen LogP) is 3.34. The summed E-state index contributed by atoms with van der Waals surface area (Å²) in [4.78, 5) is 0. The molecule has 0 saturated heterocycles. The third-order valence-electron chi connectivity index (χ3n) is 2.75. The van der Waals surface area contributed by atoms with E-state index in [1.54, 1.807) is 6.92 Å². The molecule has 0 amide bonds. The number of fused-ring (bicyclic) bond motifs is 3. The van der Waals surface area contributed by atoms with Gasteiger partial charge in [-0.05, 0) is 25.1 Å². The van der Waals surface area contributed by atoms with Crippen LogP contribution in [0, 0.1) is 0 Å². The molecule has 3 heteroatoms. The summed E-state index contributed by atoms with van der Waals surface area (Å²) in [5.74, 6) is 0. The highest BCUT2D eigenvalue weighted by atomic mass is 16.3. The van der Waals surface area contributed by atoms with Gasteiger partial charge in [0, 0.05) is 22.5 Å². The van der Waals surface area contributed by atoms with E-state index in [9.17, 15) is 5.11 Å². The summed E-state index contributed by atoms with van der Waals surface area (Å²) < 4.78 is 5.75. The Bertz CT molecular complexity index is 670. The highest BCUT2D eigenvalue weighted by molar-refractivity contribution is 6.05. The van der Waals surface area contributed by atoms with Crippen LogP contribution in [0.15, 0.2) is 46.9 Å². The summed E-state index contributed by atoms with van der Waals surface area (Å²) in [5.41, 5.74) is 2.57. The molecular formula is C14H13NO2. The van der Waals surface area contributed by atoms with Crippen LogP contribution in [0.4, 0.5) is 5.69 Å². The minimum Gasteiger partial charge on any atom is -0.456 e. The zero-order valence-corrected chi connectivity index (χ0v) is 9.47. The molecule has 0 bridgehead atoms. The number of hydrogen-bond acceptors (Lipinski definition) is 3. The van der Waals surface area contributed by atoms with E-state index >= 15 is 0 Å². The SMILES string of the molecule is CC(O)Nc1ccc2c(c1)oc1ccccc12. The highest BCUT2D eigenvalue weighted by Gasteiger charge is 2.06. The topological polar surface area (TPSA) is 45.4 Å². The minimum atomic E-state index is -0.572. The number of anilines is 1. The highest BCUT2D eigenvalue weighted by Crippen LogP contribution is 2.30. The maximum Gasteiger partial charge on any atom is 0.137 e. The van der Waals surface area contributed by atoms with Gasteiger partial charge in [0.25, 0.3) is 0 Å². The van der Waals surface area contributed by atoms with Crippen LogP contribution in [0.2, 0.25) is 0 Å². The van der Waals surface area contributed by atoms with Gasteiger partial charge < -0.3 is 14.8 Å². The van der Waals surface area contributed by atoms with Gasteiger partial charge in [-0.15, -0.1) is 0 Å². The molecule has 3 rings (SSSR count). The summed E-state index contributed by atoms with van der Waals surface area (Å²) in [5, 5.41) is 14.4. The lowest BCUT2D eigenvalue weighted by molar-refractivity contribution is 0.224.